The fourth-order valence-corrected chi connectivity index (χ4v) is 7.07. The lowest BCUT2D eigenvalue weighted by molar-refractivity contribution is 0.0691. The molecule has 9 heteroatoms. The molecule has 0 fully saturated rings. The maximum atomic E-state index is 13.9. The van der Waals surface area contributed by atoms with Crippen LogP contribution in [0.15, 0.2) is 131 Å². The molecule has 0 aliphatic rings. The number of hydrogen-bond donors (Lipinski definition) is 2. The Morgan fingerprint density at radius 2 is 1.49 bits per heavy atom. The maximum Gasteiger partial charge on any atom is 0.339 e. The highest BCUT2D eigenvalue weighted by Crippen LogP contribution is 2.35. The number of nitrogens with zero attached hydrogens (tertiary/aromatic N) is 1. The Hall–Kier alpha value is -4.47. The molecule has 0 aliphatic heterocycles. The van der Waals surface area contributed by atoms with E-state index in [2.05, 4.69) is 4.90 Å². The van der Waals surface area contributed by atoms with Gasteiger partial charge in [0.1, 0.15) is 17.1 Å². The quantitative estimate of drug-likeness (QED) is 0.126. The zero-order chi connectivity index (χ0) is 33.4. The van der Waals surface area contributed by atoms with Gasteiger partial charge in [0.2, 0.25) is 9.84 Å². The lowest BCUT2D eigenvalue weighted by Gasteiger charge is -2.25. The lowest BCUT2D eigenvalue weighted by Crippen LogP contribution is -2.30. The topological polar surface area (TPSA) is 104 Å². The Kier molecular flexibility index (Phi) is 11.1. The van der Waals surface area contributed by atoms with Crippen LogP contribution in [-0.2, 0) is 29.4 Å². The Morgan fingerprint density at radius 1 is 0.830 bits per heavy atom. The van der Waals surface area contributed by atoms with Crippen molar-refractivity contribution < 1.29 is 28.2 Å². The van der Waals surface area contributed by atoms with Crippen molar-refractivity contribution in [2.24, 2.45) is 0 Å². The normalized spacial score (nSPS) is 12.2. The fourth-order valence-electron chi connectivity index (χ4n) is 5.37. The second-order valence-corrected chi connectivity index (χ2v) is 13.8. The molecule has 0 amide bonds. The van der Waals surface area contributed by atoms with Gasteiger partial charge in [-0.3, -0.25) is 4.90 Å². The molecule has 242 valence electrons. The van der Waals surface area contributed by atoms with Crippen molar-refractivity contribution in [3.8, 4) is 5.75 Å². The van der Waals surface area contributed by atoms with Crippen molar-refractivity contribution in [3.05, 3.63) is 160 Å². The number of aliphatic hydroxyl groups is 1. The molecule has 0 aromatic heterocycles. The first kappa shape index (κ1) is 33.9. The molecule has 7 nitrogen and oxygen atoms in total. The summed E-state index contributed by atoms with van der Waals surface area (Å²) in [5.74, 6) is -1.46. The molecule has 0 unspecified atom stereocenters. The Labute approximate surface area is 280 Å². The van der Waals surface area contributed by atoms with E-state index < -0.39 is 21.9 Å². The molecule has 5 aromatic carbocycles. The van der Waals surface area contributed by atoms with Crippen LogP contribution < -0.4 is 4.74 Å². The predicted molar refractivity (Wildman–Crippen MR) is 183 cm³/mol. The van der Waals surface area contributed by atoms with Gasteiger partial charge >= 0.3 is 5.97 Å². The lowest BCUT2D eigenvalue weighted by atomic mass is 10.1. The highest BCUT2D eigenvalue weighted by Gasteiger charge is 2.28. The smallest absolute Gasteiger partial charge is 0.339 e. The van der Waals surface area contributed by atoms with Gasteiger partial charge in [-0.15, -0.1) is 0 Å². The van der Waals surface area contributed by atoms with E-state index in [4.69, 9.17) is 16.3 Å². The molecular formula is C38H36ClNO6S. The summed E-state index contributed by atoms with van der Waals surface area (Å²) in [7, 11) is -4.13. The summed E-state index contributed by atoms with van der Waals surface area (Å²) in [6, 6.07) is 35.8. The molecule has 0 aliphatic carbocycles. The first-order chi connectivity index (χ1) is 22.6. The van der Waals surface area contributed by atoms with Crippen molar-refractivity contribution in [3.63, 3.8) is 0 Å². The summed E-state index contributed by atoms with van der Waals surface area (Å²) in [5.41, 5.74) is 3.81. The van der Waals surface area contributed by atoms with Crippen molar-refractivity contribution in [1.29, 1.82) is 0 Å². The molecule has 0 saturated heterocycles. The highest BCUT2D eigenvalue weighted by atomic mass is 35.5. The minimum Gasteiger partial charge on any atom is -0.487 e. The largest absolute Gasteiger partial charge is 0.487 e. The minimum absolute atomic E-state index is 0.0110. The standard InChI is InChI=1S/C38H36ClNO6S/c1-27-21-34(38(42)43)37(46-26-30-11-6-3-7-12-30)36(22-27)47(44,45)33-17-15-28(16-18-33)19-20-40(24-29-9-4-2-5-10-29)25-35(41)31-13-8-14-32(39)23-31/h2-18,21-23,35,41H,19-20,24-26H2,1H3,(H,42,43)/t35-/m1/s1. The van der Waals surface area contributed by atoms with Crippen LogP contribution in [-0.4, -0.2) is 42.6 Å². The number of benzene rings is 5. The molecular weight excluding hydrogens is 634 g/mol. The van der Waals surface area contributed by atoms with Crippen LogP contribution in [0.5, 0.6) is 5.75 Å². The molecule has 47 heavy (non-hydrogen) atoms. The average molecular weight is 670 g/mol. The number of halogens is 1. The zero-order valence-electron chi connectivity index (χ0n) is 25.9. The van der Waals surface area contributed by atoms with Crippen LogP contribution in [0.1, 0.15) is 44.3 Å². The van der Waals surface area contributed by atoms with Crippen LogP contribution in [0.4, 0.5) is 0 Å². The van der Waals surface area contributed by atoms with Crippen LogP contribution in [0, 0.1) is 6.92 Å². The van der Waals surface area contributed by atoms with Crippen molar-refractivity contribution in [2.45, 2.75) is 42.4 Å². The summed E-state index contributed by atoms with van der Waals surface area (Å²) in [4.78, 5) is 14.1. The highest BCUT2D eigenvalue weighted by molar-refractivity contribution is 7.91. The van der Waals surface area contributed by atoms with Gasteiger partial charge in [-0.05, 0) is 77.6 Å². The van der Waals surface area contributed by atoms with Gasteiger partial charge < -0.3 is 14.9 Å². The summed E-state index contributed by atoms with van der Waals surface area (Å²) in [6.45, 7) is 3.27. The van der Waals surface area contributed by atoms with Gasteiger partial charge in [-0.25, -0.2) is 13.2 Å². The first-order valence-corrected chi connectivity index (χ1v) is 17.0. The van der Waals surface area contributed by atoms with E-state index in [-0.39, 0.29) is 27.7 Å². The molecule has 0 radical (unpaired) electrons. The van der Waals surface area contributed by atoms with Crippen LogP contribution >= 0.6 is 11.6 Å². The van der Waals surface area contributed by atoms with Crippen LogP contribution in [0.25, 0.3) is 0 Å². The number of aromatic carboxylic acids is 1. The molecule has 0 spiro atoms. The monoisotopic (exact) mass is 669 g/mol. The van der Waals surface area contributed by atoms with Gasteiger partial charge in [0, 0.05) is 24.7 Å². The third-order valence-corrected chi connectivity index (χ3v) is 9.82. The van der Waals surface area contributed by atoms with Gasteiger partial charge in [0.05, 0.1) is 11.0 Å². The first-order valence-electron chi connectivity index (χ1n) is 15.2. The van der Waals surface area contributed by atoms with E-state index >= 15 is 0 Å². The molecule has 5 rings (SSSR count). The Balaban J connectivity index is 1.35. The number of aryl methyl sites for hydroxylation is 1. The van der Waals surface area contributed by atoms with E-state index in [0.29, 0.717) is 36.6 Å². The molecule has 0 bridgehead atoms. The second kappa shape index (κ2) is 15.4. The predicted octanol–water partition coefficient (Wildman–Crippen LogP) is 7.54. The summed E-state index contributed by atoms with van der Waals surface area (Å²) >= 11 is 6.16. The van der Waals surface area contributed by atoms with Crippen LogP contribution in [0.3, 0.4) is 0 Å². The van der Waals surface area contributed by atoms with E-state index in [1.807, 2.05) is 72.8 Å². The van der Waals surface area contributed by atoms with Crippen molar-refractivity contribution in [2.75, 3.05) is 13.1 Å². The molecule has 0 saturated carbocycles. The maximum absolute atomic E-state index is 13.9. The minimum atomic E-state index is -4.13. The number of aliphatic hydroxyl groups excluding tert-OH is 1. The second-order valence-electron chi connectivity index (χ2n) is 11.4. The van der Waals surface area contributed by atoms with Gasteiger partial charge in [-0.2, -0.15) is 0 Å². The molecule has 1 atom stereocenters. The van der Waals surface area contributed by atoms with Crippen LogP contribution in [0.2, 0.25) is 5.02 Å². The Morgan fingerprint density at radius 3 is 2.13 bits per heavy atom. The van der Waals surface area contributed by atoms with E-state index in [1.54, 1.807) is 31.2 Å². The van der Waals surface area contributed by atoms with Crippen molar-refractivity contribution >= 4 is 27.4 Å². The summed E-state index contributed by atoms with van der Waals surface area (Å²) < 4.78 is 33.8. The summed E-state index contributed by atoms with van der Waals surface area (Å²) in [5, 5.41) is 21.5. The number of sulfone groups is 1. The summed E-state index contributed by atoms with van der Waals surface area (Å²) in [6.07, 6.45) is -0.137. The molecule has 2 N–H and O–H groups in total. The number of ether oxygens (including phenoxy) is 1. The number of carboxylic acid groups (broad SMARTS) is 1. The van der Waals surface area contributed by atoms with Gasteiger partial charge in [0.25, 0.3) is 0 Å². The molecule has 0 heterocycles. The average Bonchev–Trinajstić information content (AvgIpc) is 3.07. The fraction of sp³-hybridized carbons (Fsp3) is 0.184. The van der Waals surface area contributed by atoms with Gasteiger partial charge in [-0.1, -0.05) is 96.5 Å². The number of hydrogen-bond acceptors (Lipinski definition) is 6. The van der Waals surface area contributed by atoms with Crippen molar-refractivity contribution in [1.82, 2.24) is 4.90 Å². The number of carbonyl (C=O) groups is 1. The Bertz CT molecular complexity index is 1920. The third kappa shape index (κ3) is 8.87. The number of carboxylic acids is 1. The zero-order valence-corrected chi connectivity index (χ0v) is 27.5. The third-order valence-electron chi connectivity index (χ3n) is 7.81. The molecule has 5 aromatic rings. The van der Waals surface area contributed by atoms with E-state index in [1.165, 1.54) is 24.3 Å². The van der Waals surface area contributed by atoms with E-state index in [9.17, 15) is 23.4 Å². The number of rotatable bonds is 14. The van der Waals surface area contributed by atoms with Gasteiger partial charge in [0.15, 0.2) is 5.75 Å². The SMILES string of the molecule is Cc1cc(C(=O)O)c(OCc2ccccc2)c(S(=O)(=O)c2ccc(CCN(Cc3ccccc3)C[C@@H](O)c3cccc(Cl)c3)cc2)c1. The van der Waals surface area contributed by atoms with E-state index in [0.717, 1.165) is 22.3 Å².